The number of fused-ring (bicyclic) bond motifs is 1. The number of benzene rings is 1. The first kappa shape index (κ1) is 26.9. The lowest BCUT2D eigenvalue weighted by Gasteiger charge is -2.27. The summed E-state index contributed by atoms with van der Waals surface area (Å²) in [5.41, 5.74) is 2.14. The van der Waals surface area contributed by atoms with Gasteiger partial charge < -0.3 is 14.4 Å². The number of carboxylic acid groups (broad SMARTS) is 1. The molecule has 204 valence electrons. The zero-order valence-corrected chi connectivity index (χ0v) is 22.4. The number of aryl methyl sites for hydroxylation is 1. The molecule has 0 radical (unpaired) electrons. The van der Waals surface area contributed by atoms with Crippen molar-refractivity contribution in [2.45, 2.75) is 25.7 Å². The lowest BCUT2D eigenvalue weighted by molar-refractivity contribution is -0.141. The molecule has 0 aliphatic carbocycles. The molecule has 4 heterocycles. The van der Waals surface area contributed by atoms with E-state index < -0.39 is 28.7 Å². The van der Waals surface area contributed by atoms with Gasteiger partial charge in [-0.15, -0.1) is 0 Å². The SMILES string of the molecule is CN(C(=O)C(CC(=O)O)CC1CCOCC1)c1nc(-c2cc(F)ccc2-c2cnc3c(ccn3C)c2)c(F)s1. The third-order valence-corrected chi connectivity index (χ3v) is 8.10. The summed E-state index contributed by atoms with van der Waals surface area (Å²) in [5, 5.41) is 9.71. The van der Waals surface area contributed by atoms with Crippen LogP contribution in [-0.4, -0.2) is 51.8 Å². The van der Waals surface area contributed by atoms with Crippen molar-refractivity contribution >= 4 is 39.4 Å². The van der Waals surface area contributed by atoms with Gasteiger partial charge in [0, 0.05) is 62.1 Å². The molecule has 1 unspecified atom stereocenters. The number of nitrogens with zero attached hydrogens (tertiary/aromatic N) is 4. The Hall–Kier alpha value is -3.70. The normalized spacial score (nSPS) is 15.0. The molecule has 1 aliphatic rings. The molecule has 1 fully saturated rings. The van der Waals surface area contributed by atoms with Gasteiger partial charge in [-0.1, -0.05) is 17.4 Å². The van der Waals surface area contributed by atoms with Crippen molar-refractivity contribution in [3.63, 3.8) is 0 Å². The van der Waals surface area contributed by atoms with Crippen LogP contribution in [-0.2, 0) is 21.4 Å². The van der Waals surface area contributed by atoms with E-state index in [1.165, 1.54) is 24.1 Å². The van der Waals surface area contributed by atoms with Crippen molar-refractivity contribution in [2.24, 2.45) is 18.9 Å². The fourth-order valence-electron chi connectivity index (χ4n) is 5.10. The molecule has 11 heteroatoms. The van der Waals surface area contributed by atoms with Crippen LogP contribution in [0.25, 0.3) is 33.4 Å². The van der Waals surface area contributed by atoms with Gasteiger partial charge in [0.05, 0.1) is 6.42 Å². The number of ether oxygens (including phenoxy) is 1. The molecule has 8 nitrogen and oxygen atoms in total. The highest BCUT2D eigenvalue weighted by Crippen LogP contribution is 2.39. The standard InChI is InChI=1S/C28H28F2N4O4S/c1-33-8-5-17-12-19(15-31-26(17)33)21-4-3-20(29)14-22(21)24-25(30)39-28(32-24)34(2)27(37)18(13-23(35)36)11-16-6-9-38-10-7-16/h3-5,8,12,14-16,18H,6-7,9-11,13H2,1-2H3,(H,35,36). The van der Waals surface area contributed by atoms with Gasteiger partial charge in [-0.2, -0.15) is 4.39 Å². The molecule has 1 saturated heterocycles. The second-order valence-corrected chi connectivity index (χ2v) is 10.8. The maximum absolute atomic E-state index is 15.4. The van der Waals surface area contributed by atoms with Gasteiger partial charge in [0.15, 0.2) is 5.13 Å². The van der Waals surface area contributed by atoms with Crippen LogP contribution in [0.4, 0.5) is 13.9 Å². The summed E-state index contributed by atoms with van der Waals surface area (Å²) >= 11 is 0.662. The molecule has 1 atom stereocenters. The highest BCUT2D eigenvalue weighted by atomic mass is 32.1. The average molecular weight is 555 g/mol. The molecule has 39 heavy (non-hydrogen) atoms. The molecular formula is C28H28F2N4O4S. The van der Waals surface area contributed by atoms with E-state index in [0.29, 0.717) is 42.1 Å². The minimum absolute atomic E-state index is 0.0710. The Labute approximate surface area is 227 Å². The van der Waals surface area contributed by atoms with Crippen molar-refractivity contribution in [3.05, 3.63) is 53.7 Å². The zero-order valence-electron chi connectivity index (χ0n) is 21.6. The van der Waals surface area contributed by atoms with Crippen molar-refractivity contribution in [1.82, 2.24) is 14.5 Å². The van der Waals surface area contributed by atoms with Crippen molar-refractivity contribution in [2.75, 3.05) is 25.2 Å². The van der Waals surface area contributed by atoms with Crippen LogP contribution in [0.1, 0.15) is 25.7 Å². The molecule has 1 N–H and O–H groups in total. The summed E-state index contributed by atoms with van der Waals surface area (Å²) in [6.07, 6.45) is 5.12. The molecular weight excluding hydrogens is 526 g/mol. The fourth-order valence-corrected chi connectivity index (χ4v) is 5.88. The quantitative estimate of drug-likeness (QED) is 0.308. The highest BCUT2D eigenvalue weighted by Gasteiger charge is 2.31. The largest absolute Gasteiger partial charge is 0.481 e. The monoisotopic (exact) mass is 554 g/mol. The number of halogens is 2. The lowest BCUT2D eigenvalue weighted by atomic mass is 9.86. The van der Waals surface area contributed by atoms with E-state index >= 15 is 4.39 Å². The van der Waals surface area contributed by atoms with E-state index in [2.05, 4.69) is 9.97 Å². The zero-order chi connectivity index (χ0) is 27.7. The number of rotatable bonds is 8. The summed E-state index contributed by atoms with van der Waals surface area (Å²) in [6, 6.07) is 7.87. The Morgan fingerprint density at radius 1 is 1.21 bits per heavy atom. The van der Waals surface area contributed by atoms with Crippen molar-refractivity contribution in [1.29, 1.82) is 0 Å². The number of carboxylic acids is 1. The second kappa shape index (κ2) is 11.2. The van der Waals surface area contributed by atoms with Crippen LogP contribution >= 0.6 is 11.3 Å². The summed E-state index contributed by atoms with van der Waals surface area (Å²) in [6.45, 7) is 1.16. The van der Waals surface area contributed by atoms with Crippen LogP contribution in [0.3, 0.4) is 0 Å². The van der Waals surface area contributed by atoms with E-state index in [4.69, 9.17) is 4.74 Å². The number of aromatic nitrogens is 3. The topological polar surface area (TPSA) is 97.6 Å². The van der Waals surface area contributed by atoms with Crippen LogP contribution < -0.4 is 4.90 Å². The Kier molecular flexibility index (Phi) is 7.72. The maximum Gasteiger partial charge on any atom is 0.304 e. The maximum atomic E-state index is 15.4. The number of hydrogen-bond acceptors (Lipinski definition) is 6. The summed E-state index contributed by atoms with van der Waals surface area (Å²) < 4.78 is 37.0. The van der Waals surface area contributed by atoms with E-state index in [1.807, 2.05) is 29.9 Å². The first-order valence-electron chi connectivity index (χ1n) is 12.7. The molecule has 0 bridgehead atoms. The minimum atomic E-state index is -1.08. The van der Waals surface area contributed by atoms with Crippen LogP contribution in [0.15, 0.2) is 42.7 Å². The third-order valence-electron chi connectivity index (χ3n) is 7.18. The summed E-state index contributed by atoms with van der Waals surface area (Å²) in [4.78, 5) is 35.0. The molecule has 1 aromatic carbocycles. The molecule has 1 amide bonds. The summed E-state index contributed by atoms with van der Waals surface area (Å²) in [5.74, 6) is -2.68. The molecule has 5 rings (SSSR count). The van der Waals surface area contributed by atoms with Gasteiger partial charge in [0.25, 0.3) is 0 Å². The fraction of sp³-hybridized carbons (Fsp3) is 0.357. The Bertz CT molecular complexity index is 1530. The number of hydrogen-bond donors (Lipinski definition) is 1. The number of carbonyl (C=O) groups excluding carboxylic acids is 1. The third kappa shape index (κ3) is 5.69. The van der Waals surface area contributed by atoms with Crippen LogP contribution in [0.2, 0.25) is 0 Å². The Balaban J connectivity index is 1.46. The minimum Gasteiger partial charge on any atom is -0.481 e. The van der Waals surface area contributed by atoms with Gasteiger partial charge in [-0.3, -0.25) is 14.5 Å². The number of aliphatic carboxylic acids is 1. The predicted octanol–water partition coefficient (Wildman–Crippen LogP) is 5.51. The molecule has 4 aromatic rings. The predicted molar refractivity (Wildman–Crippen MR) is 144 cm³/mol. The summed E-state index contributed by atoms with van der Waals surface area (Å²) in [7, 11) is 3.34. The second-order valence-electron chi connectivity index (χ2n) is 9.86. The first-order valence-corrected chi connectivity index (χ1v) is 13.5. The number of anilines is 1. The molecule has 3 aromatic heterocycles. The van der Waals surface area contributed by atoms with Gasteiger partial charge in [0.2, 0.25) is 11.0 Å². The number of thiazole rings is 1. The van der Waals surface area contributed by atoms with Gasteiger partial charge in [-0.05, 0) is 55.0 Å². The Morgan fingerprint density at radius 2 is 1.97 bits per heavy atom. The number of carbonyl (C=O) groups is 2. The van der Waals surface area contributed by atoms with Crippen molar-refractivity contribution in [3.8, 4) is 22.4 Å². The van der Waals surface area contributed by atoms with E-state index in [1.54, 1.807) is 12.3 Å². The molecule has 0 saturated carbocycles. The van der Waals surface area contributed by atoms with Crippen molar-refractivity contribution < 1.29 is 28.2 Å². The van der Waals surface area contributed by atoms with Gasteiger partial charge >= 0.3 is 5.97 Å². The van der Waals surface area contributed by atoms with Crippen LogP contribution in [0, 0.1) is 22.8 Å². The Morgan fingerprint density at radius 3 is 2.72 bits per heavy atom. The lowest BCUT2D eigenvalue weighted by Crippen LogP contribution is -2.35. The first-order chi connectivity index (χ1) is 18.7. The van der Waals surface area contributed by atoms with E-state index in [9.17, 15) is 19.1 Å². The number of pyridine rings is 1. The van der Waals surface area contributed by atoms with Gasteiger partial charge in [0.1, 0.15) is 17.2 Å². The van der Waals surface area contributed by atoms with Crippen LogP contribution in [0.5, 0.6) is 0 Å². The molecule has 1 aliphatic heterocycles. The van der Waals surface area contributed by atoms with Gasteiger partial charge in [-0.25, -0.2) is 14.4 Å². The number of amides is 1. The molecule has 0 spiro atoms. The van der Waals surface area contributed by atoms with E-state index in [0.717, 1.165) is 23.9 Å². The van der Waals surface area contributed by atoms with E-state index in [-0.39, 0.29) is 28.7 Å². The average Bonchev–Trinajstić information content (AvgIpc) is 3.49. The smallest absolute Gasteiger partial charge is 0.304 e. The highest BCUT2D eigenvalue weighted by molar-refractivity contribution is 7.14.